The number of carbonyl (C=O) groups is 1. The Labute approximate surface area is 217 Å². The molecule has 0 saturated heterocycles. The zero-order valence-electron chi connectivity index (χ0n) is 21.0. The summed E-state index contributed by atoms with van der Waals surface area (Å²) in [4.78, 5) is 14.0. The van der Waals surface area contributed by atoms with Crippen molar-refractivity contribution >= 4 is 17.4 Å². The number of aromatic nitrogens is 1. The highest BCUT2D eigenvalue weighted by Gasteiger charge is 2.38. The third kappa shape index (κ3) is 6.96. The molecule has 1 saturated carbocycles. The summed E-state index contributed by atoms with van der Waals surface area (Å²) < 4.78 is 10.3. The van der Waals surface area contributed by atoms with Gasteiger partial charge in [-0.15, -0.1) is 0 Å². The first-order valence-electron chi connectivity index (χ1n) is 12.4. The van der Waals surface area contributed by atoms with E-state index < -0.39 is 0 Å². The van der Waals surface area contributed by atoms with Crippen LogP contribution in [0.4, 0.5) is 0 Å². The molecule has 1 aromatic heterocycles. The molecule has 3 aromatic carbocycles. The highest BCUT2D eigenvalue weighted by molar-refractivity contribution is 5.85. The number of allylic oxidation sites excluding steroid dienone is 1. The second-order valence-corrected chi connectivity index (χ2v) is 8.98. The van der Waals surface area contributed by atoms with Crippen molar-refractivity contribution in [3.8, 4) is 17.0 Å². The fourth-order valence-corrected chi connectivity index (χ4v) is 4.36. The van der Waals surface area contributed by atoms with E-state index in [2.05, 4.69) is 53.2 Å². The summed E-state index contributed by atoms with van der Waals surface area (Å²) in [5.41, 5.74) is 8.33. The number of nitrogens with one attached hydrogen (secondary N) is 1. The van der Waals surface area contributed by atoms with Crippen LogP contribution in [0.2, 0.25) is 0 Å². The van der Waals surface area contributed by atoms with Gasteiger partial charge in [0, 0.05) is 28.1 Å². The topological polar surface area (TPSA) is 80.7 Å². The Balaban J connectivity index is 0.000000586. The van der Waals surface area contributed by atoms with Crippen LogP contribution in [0.15, 0.2) is 97.2 Å². The minimum absolute atomic E-state index is 0.370. The standard InChI is InChI=1S/C28H26N2O2.C3H6O2/c1-19(30-31)26-16-22(26)15-20-11-13-24(14-12-20)32-18-23-17-28(21-7-3-2-4-8-21)29-27-10-6-5-9-25(23)27;1-2-5-3-4/h2-14,17,22,26,30-31H,1,15-16,18H2;3H,2H2,1H3. The van der Waals surface area contributed by atoms with Crippen molar-refractivity contribution in [2.45, 2.75) is 26.4 Å². The number of hydroxylamine groups is 1. The maximum absolute atomic E-state index is 9.18. The average Bonchev–Trinajstić information content (AvgIpc) is 3.72. The van der Waals surface area contributed by atoms with Gasteiger partial charge in [-0.05, 0) is 55.5 Å². The van der Waals surface area contributed by atoms with Crippen LogP contribution < -0.4 is 10.2 Å². The molecule has 0 bridgehead atoms. The third-order valence-electron chi connectivity index (χ3n) is 6.44. The molecule has 1 aliphatic rings. The van der Waals surface area contributed by atoms with E-state index in [4.69, 9.17) is 14.9 Å². The quantitative estimate of drug-likeness (QED) is 0.197. The summed E-state index contributed by atoms with van der Waals surface area (Å²) in [7, 11) is 0. The summed E-state index contributed by atoms with van der Waals surface area (Å²) >= 11 is 0. The Morgan fingerprint density at radius 3 is 2.49 bits per heavy atom. The van der Waals surface area contributed by atoms with Gasteiger partial charge >= 0.3 is 0 Å². The number of para-hydroxylation sites is 1. The minimum Gasteiger partial charge on any atom is -0.489 e. The van der Waals surface area contributed by atoms with Crippen LogP contribution >= 0.6 is 0 Å². The normalized spacial score (nSPS) is 15.7. The number of rotatable bonds is 10. The zero-order chi connectivity index (χ0) is 26.0. The van der Waals surface area contributed by atoms with Crippen molar-refractivity contribution in [2.24, 2.45) is 11.8 Å². The zero-order valence-corrected chi connectivity index (χ0v) is 21.0. The molecule has 2 atom stereocenters. The number of ether oxygens (including phenoxy) is 2. The first-order valence-corrected chi connectivity index (χ1v) is 12.4. The summed E-state index contributed by atoms with van der Waals surface area (Å²) in [5, 5.41) is 10.1. The van der Waals surface area contributed by atoms with E-state index in [1.807, 2.05) is 48.5 Å². The van der Waals surface area contributed by atoms with E-state index in [1.54, 1.807) is 6.92 Å². The molecule has 4 aromatic rings. The Morgan fingerprint density at radius 2 is 1.81 bits per heavy atom. The lowest BCUT2D eigenvalue weighted by molar-refractivity contribution is -0.128. The number of carbonyl (C=O) groups excluding carboxylic acids is 1. The molecule has 0 spiro atoms. The van der Waals surface area contributed by atoms with Crippen molar-refractivity contribution in [1.82, 2.24) is 10.5 Å². The van der Waals surface area contributed by atoms with Gasteiger partial charge in [-0.3, -0.25) is 15.5 Å². The minimum atomic E-state index is 0.370. The molecule has 2 N–H and O–H groups in total. The lowest BCUT2D eigenvalue weighted by Crippen LogP contribution is -2.08. The van der Waals surface area contributed by atoms with Crippen LogP contribution in [0.1, 0.15) is 24.5 Å². The number of fused-ring (bicyclic) bond motifs is 1. The Morgan fingerprint density at radius 1 is 1.08 bits per heavy atom. The summed E-state index contributed by atoms with van der Waals surface area (Å²) in [6.45, 7) is 7.00. The molecule has 0 amide bonds. The lowest BCUT2D eigenvalue weighted by atomic mass is 10.0. The van der Waals surface area contributed by atoms with Gasteiger partial charge in [0.25, 0.3) is 6.47 Å². The van der Waals surface area contributed by atoms with Gasteiger partial charge in [0.2, 0.25) is 0 Å². The third-order valence-corrected chi connectivity index (χ3v) is 6.44. The van der Waals surface area contributed by atoms with Gasteiger partial charge in [0.1, 0.15) is 12.4 Å². The number of nitrogens with zero attached hydrogens (tertiary/aromatic N) is 1. The van der Waals surface area contributed by atoms with Crippen LogP contribution in [0, 0.1) is 11.8 Å². The molecular weight excluding hydrogens is 464 g/mol. The van der Waals surface area contributed by atoms with Gasteiger partial charge in [0.05, 0.1) is 17.8 Å². The van der Waals surface area contributed by atoms with Gasteiger partial charge in [-0.1, -0.05) is 67.2 Å². The highest BCUT2D eigenvalue weighted by Crippen LogP contribution is 2.44. The van der Waals surface area contributed by atoms with E-state index in [9.17, 15) is 4.79 Å². The molecule has 0 aliphatic heterocycles. The van der Waals surface area contributed by atoms with Gasteiger partial charge in [-0.2, -0.15) is 0 Å². The first kappa shape index (κ1) is 25.9. The predicted octanol–water partition coefficient (Wildman–Crippen LogP) is 6.33. The second kappa shape index (κ2) is 12.7. The number of pyridine rings is 1. The van der Waals surface area contributed by atoms with Gasteiger partial charge < -0.3 is 9.47 Å². The SMILES string of the molecule is C=C(NO)C1CC1Cc1ccc(OCc2cc(-c3ccccc3)nc3ccccc23)cc1.CCOC=O. The van der Waals surface area contributed by atoms with Crippen molar-refractivity contribution in [3.05, 3.63) is 108 Å². The second-order valence-electron chi connectivity index (χ2n) is 8.98. The predicted molar refractivity (Wildman–Crippen MR) is 145 cm³/mol. The van der Waals surface area contributed by atoms with Crippen molar-refractivity contribution in [2.75, 3.05) is 6.61 Å². The molecule has 6 heteroatoms. The Bertz CT molecular complexity index is 1320. The van der Waals surface area contributed by atoms with Crippen LogP contribution in [0.25, 0.3) is 22.2 Å². The fourth-order valence-electron chi connectivity index (χ4n) is 4.36. The summed E-state index contributed by atoms with van der Waals surface area (Å²) in [6.07, 6.45) is 2.06. The van der Waals surface area contributed by atoms with Crippen LogP contribution in [0.5, 0.6) is 5.75 Å². The Kier molecular flexibility index (Phi) is 8.89. The van der Waals surface area contributed by atoms with E-state index in [1.165, 1.54) is 5.56 Å². The summed E-state index contributed by atoms with van der Waals surface area (Å²) in [5.74, 6) is 1.77. The van der Waals surface area contributed by atoms with Gasteiger partial charge in [0.15, 0.2) is 0 Å². The highest BCUT2D eigenvalue weighted by atomic mass is 16.5. The molecule has 1 fully saturated rings. The van der Waals surface area contributed by atoms with Crippen LogP contribution in [-0.2, 0) is 22.6 Å². The lowest BCUT2D eigenvalue weighted by Gasteiger charge is -2.12. The van der Waals surface area contributed by atoms with Gasteiger partial charge in [-0.25, -0.2) is 4.98 Å². The molecule has 1 aliphatic carbocycles. The van der Waals surface area contributed by atoms with Crippen molar-refractivity contribution < 1.29 is 19.5 Å². The molecule has 2 unspecified atom stereocenters. The van der Waals surface area contributed by atoms with Crippen molar-refractivity contribution in [1.29, 1.82) is 0 Å². The molecule has 6 nitrogen and oxygen atoms in total. The maximum atomic E-state index is 9.18. The summed E-state index contributed by atoms with van der Waals surface area (Å²) in [6, 6.07) is 28.9. The molecular formula is C31H32N2O4. The van der Waals surface area contributed by atoms with E-state index in [-0.39, 0.29) is 0 Å². The number of hydrogen-bond acceptors (Lipinski definition) is 6. The number of benzene rings is 3. The smallest absolute Gasteiger partial charge is 0.293 e. The first-order chi connectivity index (χ1) is 18.1. The van der Waals surface area contributed by atoms with Crippen LogP contribution in [0.3, 0.4) is 0 Å². The maximum Gasteiger partial charge on any atom is 0.293 e. The van der Waals surface area contributed by atoms with E-state index in [0.29, 0.717) is 31.5 Å². The van der Waals surface area contributed by atoms with Crippen LogP contribution in [-0.4, -0.2) is 23.3 Å². The Hall–Kier alpha value is -4.16. The monoisotopic (exact) mass is 496 g/mol. The molecule has 37 heavy (non-hydrogen) atoms. The molecule has 0 radical (unpaired) electrons. The molecule has 190 valence electrons. The largest absolute Gasteiger partial charge is 0.489 e. The van der Waals surface area contributed by atoms with E-state index >= 15 is 0 Å². The van der Waals surface area contributed by atoms with Crippen molar-refractivity contribution in [3.63, 3.8) is 0 Å². The molecule has 5 rings (SSSR count). The molecule has 1 heterocycles. The number of hydrogen-bond donors (Lipinski definition) is 2. The average molecular weight is 497 g/mol. The fraction of sp³-hybridized carbons (Fsp3) is 0.226. The van der Waals surface area contributed by atoms with E-state index in [0.717, 1.165) is 52.0 Å².